The monoisotopic (exact) mass is 432 g/mol. The van der Waals surface area contributed by atoms with Crippen molar-refractivity contribution in [1.29, 1.82) is 0 Å². The van der Waals surface area contributed by atoms with Gasteiger partial charge in [0.25, 0.3) is 17.1 Å². The molecule has 1 aromatic heterocycles. The second kappa shape index (κ2) is 9.62. The molecule has 0 saturated carbocycles. The molecule has 0 atom stereocenters. The van der Waals surface area contributed by atoms with Crippen LogP contribution in [-0.4, -0.2) is 48.8 Å². The number of ether oxygens (including phenoxy) is 2. The molecule has 2 aromatic rings. The minimum Gasteiger partial charge on any atom is -0.493 e. The van der Waals surface area contributed by atoms with E-state index in [1.54, 1.807) is 43.5 Å². The highest BCUT2D eigenvalue weighted by Crippen LogP contribution is 2.34. The summed E-state index contributed by atoms with van der Waals surface area (Å²) in [5, 5.41) is 4.17. The first kappa shape index (κ1) is 20.9. The van der Waals surface area contributed by atoms with Crippen molar-refractivity contribution in [3.05, 3.63) is 51.1 Å². The molecule has 29 heavy (non-hydrogen) atoms. The minimum atomic E-state index is -0.377. The smallest absolute Gasteiger partial charge is 0.293 e. The Balaban J connectivity index is 1.64. The van der Waals surface area contributed by atoms with Crippen molar-refractivity contribution < 1.29 is 23.9 Å². The summed E-state index contributed by atoms with van der Waals surface area (Å²) in [6.45, 7) is 2.70. The lowest BCUT2D eigenvalue weighted by atomic mass is 10.2. The molecule has 3 rings (SSSR count). The number of thioether (sulfide) groups is 1. The number of carbonyl (C=O) groups is 3. The van der Waals surface area contributed by atoms with Crippen LogP contribution in [0.15, 0.2) is 40.6 Å². The molecule has 0 bridgehead atoms. The number of nitrogens with one attached hydrogen (secondary N) is 1. The Hall–Kier alpha value is -2.78. The predicted octanol–water partition coefficient (Wildman–Crippen LogP) is 3.62. The van der Waals surface area contributed by atoms with Crippen molar-refractivity contribution in [1.82, 2.24) is 10.2 Å². The van der Waals surface area contributed by atoms with Crippen molar-refractivity contribution in [2.75, 3.05) is 26.8 Å². The first-order valence-electron chi connectivity index (χ1n) is 8.91. The van der Waals surface area contributed by atoms with Gasteiger partial charge in [-0.25, -0.2) is 0 Å². The highest BCUT2D eigenvalue weighted by atomic mass is 32.2. The lowest BCUT2D eigenvalue weighted by Gasteiger charge is -2.12. The molecule has 7 nitrogen and oxygen atoms in total. The van der Waals surface area contributed by atoms with Crippen LogP contribution in [0.4, 0.5) is 4.79 Å². The molecule has 0 unspecified atom stereocenters. The number of hydrogen-bond donors (Lipinski definition) is 1. The molecule has 2 heterocycles. The standard InChI is InChI=1S/C20H20N2O5S2/c1-3-27-14-7-6-13(11-15(14)26-2)12-17-19(24)22(20(25)29-17)9-8-21-18(23)16-5-4-10-28-16/h4-7,10-12H,3,8-9H2,1-2H3,(H,21,23). The zero-order valence-electron chi connectivity index (χ0n) is 16.0. The maximum atomic E-state index is 12.6. The fourth-order valence-corrected chi connectivity index (χ4v) is 4.17. The highest BCUT2D eigenvalue weighted by Gasteiger charge is 2.34. The predicted molar refractivity (Wildman–Crippen MR) is 113 cm³/mol. The number of benzene rings is 1. The van der Waals surface area contributed by atoms with Crippen molar-refractivity contribution in [3.8, 4) is 11.5 Å². The zero-order chi connectivity index (χ0) is 20.8. The van der Waals surface area contributed by atoms with E-state index in [0.717, 1.165) is 22.2 Å². The van der Waals surface area contributed by atoms with E-state index in [-0.39, 0.29) is 30.1 Å². The van der Waals surface area contributed by atoms with Crippen LogP contribution in [-0.2, 0) is 4.79 Å². The van der Waals surface area contributed by atoms with E-state index in [1.165, 1.54) is 11.3 Å². The molecule has 1 N–H and O–H groups in total. The summed E-state index contributed by atoms with van der Waals surface area (Å²) in [5.41, 5.74) is 0.724. The van der Waals surface area contributed by atoms with Gasteiger partial charge in [-0.05, 0) is 53.9 Å². The molecule has 1 aliphatic rings. The molecule has 0 aliphatic carbocycles. The normalized spacial score (nSPS) is 15.1. The molecule has 0 radical (unpaired) electrons. The van der Waals surface area contributed by atoms with Crippen LogP contribution in [0, 0.1) is 0 Å². The van der Waals surface area contributed by atoms with E-state index in [1.807, 2.05) is 12.3 Å². The Kier molecular flexibility index (Phi) is 6.95. The molecule has 3 amide bonds. The molecule has 1 fully saturated rings. The van der Waals surface area contributed by atoms with E-state index in [4.69, 9.17) is 9.47 Å². The number of thiophene rings is 1. The third-order valence-corrected chi connectivity index (χ3v) is 5.80. The largest absolute Gasteiger partial charge is 0.493 e. The molecule has 0 spiro atoms. The third kappa shape index (κ3) is 4.99. The molecule has 9 heteroatoms. The Morgan fingerprint density at radius 2 is 2.07 bits per heavy atom. The summed E-state index contributed by atoms with van der Waals surface area (Å²) in [6.07, 6.45) is 1.65. The second-order valence-corrected chi connectivity index (χ2v) is 7.85. The summed E-state index contributed by atoms with van der Waals surface area (Å²) >= 11 is 2.21. The van der Waals surface area contributed by atoms with Crippen LogP contribution in [0.2, 0.25) is 0 Å². The maximum Gasteiger partial charge on any atom is 0.293 e. The van der Waals surface area contributed by atoms with Crippen molar-refractivity contribution in [3.63, 3.8) is 0 Å². The Morgan fingerprint density at radius 1 is 1.24 bits per heavy atom. The summed E-state index contributed by atoms with van der Waals surface area (Å²) in [4.78, 5) is 38.8. The van der Waals surface area contributed by atoms with Crippen molar-refractivity contribution in [2.24, 2.45) is 0 Å². The second-order valence-electron chi connectivity index (χ2n) is 5.91. The SMILES string of the molecule is CCOc1ccc(C=C2SC(=O)N(CCNC(=O)c3cccs3)C2=O)cc1OC. The van der Waals surface area contributed by atoms with Gasteiger partial charge >= 0.3 is 0 Å². The fraction of sp³-hybridized carbons (Fsp3) is 0.250. The van der Waals surface area contributed by atoms with E-state index < -0.39 is 0 Å². The van der Waals surface area contributed by atoms with Crippen LogP contribution < -0.4 is 14.8 Å². The van der Waals surface area contributed by atoms with Crippen LogP contribution in [0.5, 0.6) is 11.5 Å². The quantitative estimate of drug-likeness (QED) is 0.642. The molecule has 1 aromatic carbocycles. The summed E-state index contributed by atoms with van der Waals surface area (Å²) in [5.74, 6) is 0.570. The van der Waals surface area contributed by atoms with Gasteiger partial charge in [-0.1, -0.05) is 12.1 Å². The van der Waals surface area contributed by atoms with Gasteiger partial charge in [-0.15, -0.1) is 11.3 Å². The van der Waals surface area contributed by atoms with Gasteiger partial charge < -0.3 is 14.8 Å². The van der Waals surface area contributed by atoms with Gasteiger partial charge in [0.05, 0.1) is 23.5 Å². The Bertz CT molecular complexity index is 940. The van der Waals surface area contributed by atoms with Crippen LogP contribution >= 0.6 is 23.1 Å². The average Bonchev–Trinajstić information content (AvgIpc) is 3.34. The van der Waals surface area contributed by atoms with Gasteiger partial charge in [-0.3, -0.25) is 19.3 Å². The zero-order valence-corrected chi connectivity index (χ0v) is 17.6. The number of methoxy groups -OCH3 is 1. The topological polar surface area (TPSA) is 84.9 Å². The maximum absolute atomic E-state index is 12.6. The highest BCUT2D eigenvalue weighted by molar-refractivity contribution is 8.18. The van der Waals surface area contributed by atoms with Crippen molar-refractivity contribution in [2.45, 2.75) is 6.92 Å². The van der Waals surface area contributed by atoms with Gasteiger partial charge in [-0.2, -0.15) is 0 Å². The Labute approximate surface area is 176 Å². The van der Waals surface area contributed by atoms with Gasteiger partial charge in [0.15, 0.2) is 11.5 Å². The van der Waals surface area contributed by atoms with Gasteiger partial charge in [0.1, 0.15) is 0 Å². The van der Waals surface area contributed by atoms with Gasteiger partial charge in [0.2, 0.25) is 0 Å². The van der Waals surface area contributed by atoms with Gasteiger partial charge in [0, 0.05) is 13.1 Å². The first-order chi connectivity index (χ1) is 14.0. The number of imide groups is 1. The Morgan fingerprint density at radius 3 is 2.76 bits per heavy atom. The number of amides is 3. The van der Waals surface area contributed by atoms with Crippen LogP contribution in [0.3, 0.4) is 0 Å². The number of hydrogen-bond acceptors (Lipinski definition) is 7. The van der Waals surface area contributed by atoms with E-state index in [2.05, 4.69) is 5.32 Å². The minimum absolute atomic E-state index is 0.117. The van der Waals surface area contributed by atoms with Crippen LogP contribution in [0.1, 0.15) is 22.2 Å². The lowest BCUT2D eigenvalue weighted by molar-refractivity contribution is -0.122. The summed E-state index contributed by atoms with van der Waals surface area (Å²) in [7, 11) is 1.54. The van der Waals surface area contributed by atoms with Crippen molar-refractivity contribution >= 4 is 46.2 Å². The lowest BCUT2D eigenvalue weighted by Crippen LogP contribution is -2.37. The number of nitrogens with zero attached hydrogens (tertiary/aromatic N) is 1. The molecular weight excluding hydrogens is 412 g/mol. The molecule has 1 aliphatic heterocycles. The third-order valence-electron chi connectivity index (χ3n) is 4.02. The van der Waals surface area contributed by atoms with E-state index in [9.17, 15) is 14.4 Å². The fourth-order valence-electron chi connectivity index (χ4n) is 2.67. The summed E-state index contributed by atoms with van der Waals surface area (Å²) < 4.78 is 10.8. The van der Waals surface area contributed by atoms with E-state index >= 15 is 0 Å². The van der Waals surface area contributed by atoms with E-state index in [0.29, 0.717) is 27.9 Å². The average molecular weight is 433 g/mol. The van der Waals surface area contributed by atoms with Crippen LogP contribution in [0.25, 0.3) is 6.08 Å². The summed E-state index contributed by atoms with van der Waals surface area (Å²) in [6, 6.07) is 8.81. The molecule has 1 saturated heterocycles. The number of carbonyl (C=O) groups excluding carboxylic acids is 3. The first-order valence-corrected chi connectivity index (χ1v) is 10.6. The molecule has 152 valence electrons. The molecular formula is C20H20N2O5S2. The number of rotatable bonds is 8.